The lowest BCUT2D eigenvalue weighted by Crippen LogP contribution is -2.14. The third-order valence-corrected chi connectivity index (χ3v) is 3.59. The van der Waals surface area contributed by atoms with Crippen molar-refractivity contribution < 1.29 is 0 Å². The van der Waals surface area contributed by atoms with E-state index >= 15 is 0 Å². The fourth-order valence-electron chi connectivity index (χ4n) is 1.84. The van der Waals surface area contributed by atoms with Gasteiger partial charge in [-0.05, 0) is 36.0 Å². The Labute approximate surface area is 94.2 Å². The van der Waals surface area contributed by atoms with Gasteiger partial charge in [0.05, 0.1) is 0 Å². The fourth-order valence-corrected chi connectivity index (χ4v) is 2.19. The minimum atomic E-state index is 0.445. The van der Waals surface area contributed by atoms with Crippen LogP contribution in [0.25, 0.3) is 0 Å². The number of hydrogen-bond acceptors (Lipinski definition) is 1. The van der Waals surface area contributed by atoms with E-state index < -0.39 is 0 Å². The molecule has 0 bridgehead atoms. The summed E-state index contributed by atoms with van der Waals surface area (Å²) in [5.74, 6) is 0. The van der Waals surface area contributed by atoms with Crippen LogP contribution in [0, 0.1) is 0 Å². The summed E-state index contributed by atoms with van der Waals surface area (Å²) in [5, 5.41) is 0. The van der Waals surface area contributed by atoms with Crippen molar-refractivity contribution >= 4 is 21.6 Å². The number of rotatable bonds is 2. The summed E-state index contributed by atoms with van der Waals surface area (Å²) in [5.41, 5.74) is 3.28. The van der Waals surface area contributed by atoms with Gasteiger partial charge < -0.3 is 4.90 Å². The Balaban J connectivity index is 2.48. The van der Waals surface area contributed by atoms with Crippen molar-refractivity contribution in [3.8, 4) is 0 Å². The zero-order chi connectivity index (χ0) is 10.3. The molecule has 1 saturated carbocycles. The van der Waals surface area contributed by atoms with Crippen LogP contribution in [0.15, 0.2) is 22.7 Å². The molecule has 1 aromatic carbocycles. The van der Waals surface area contributed by atoms with Crippen LogP contribution in [0.2, 0.25) is 0 Å². The third kappa shape index (κ3) is 1.68. The Hall–Kier alpha value is -0.500. The summed E-state index contributed by atoms with van der Waals surface area (Å²) >= 11 is 3.53. The summed E-state index contributed by atoms with van der Waals surface area (Å²) in [6.45, 7) is 2.35. The van der Waals surface area contributed by atoms with E-state index in [1.54, 1.807) is 0 Å². The van der Waals surface area contributed by atoms with Crippen LogP contribution in [-0.4, -0.2) is 14.1 Å². The Morgan fingerprint density at radius 1 is 1.29 bits per heavy atom. The number of halogens is 1. The van der Waals surface area contributed by atoms with Gasteiger partial charge in [-0.3, -0.25) is 0 Å². The summed E-state index contributed by atoms with van der Waals surface area (Å²) < 4.78 is 1.16. The highest BCUT2D eigenvalue weighted by Crippen LogP contribution is 2.50. The minimum absolute atomic E-state index is 0.445. The lowest BCUT2D eigenvalue weighted by molar-refractivity contribution is 0.783. The van der Waals surface area contributed by atoms with Gasteiger partial charge in [-0.25, -0.2) is 0 Å². The van der Waals surface area contributed by atoms with Crippen LogP contribution in [0.3, 0.4) is 0 Å². The Kier molecular flexibility index (Phi) is 2.34. The van der Waals surface area contributed by atoms with E-state index in [9.17, 15) is 0 Å². The molecule has 0 heterocycles. The summed E-state index contributed by atoms with van der Waals surface area (Å²) in [4.78, 5) is 2.20. The Morgan fingerprint density at radius 3 is 2.43 bits per heavy atom. The average molecular weight is 254 g/mol. The number of benzene rings is 1. The molecule has 1 aromatic rings. The maximum atomic E-state index is 3.53. The largest absolute Gasteiger partial charge is 0.377 e. The molecule has 1 aliphatic rings. The molecule has 0 atom stereocenters. The topological polar surface area (TPSA) is 3.24 Å². The van der Waals surface area contributed by atoms with E-state index in [0.717, 1.165) is 4.47 Å². The quantitative estimate of drug-likeness (QED) is 0.779. The van der Waals surface area contributed by atoms with Gasteiger partial charge >= 0.3 is 0 Å². The lowest BCUT2D eigenvalue weighted by Gasteiger charge is -2.21. The minimum Gasteiger partial charge on any atom is -0.377 e. The molecule has 2 rings (SSSR count). The monoisotopic (exact) mass is 253 g/mol. The van der Waals surface area contributed by atoms with E-state index in [2.05, 4.69) is 60.0 Å². The molecule has 0 amide bonds. The zero-order valence-electron chi connectivity index (χ0n) is 8.97. The third-order valence-electron chi connectivity index (χ3n) is 3.09. The summed E-state index contributed by atoms with van der Waals surface area (Å²) in [6.07, 6.45) is 2.66. The molecule has 0 radical (unpaired) electrons. The van der Waals surface area contributed by atoms with Crippen LogP contribution in [-0.2, 0) is 5.41 Å². The van der Waals surface area contributed by atoms with Crippen molar-refractivity contribution in [3.63, 3.8) is 0 Å². The van der Waals surface area contributed by atoms with Crippen molar-refractivity contribution in [3.05, 3.63) is 28.2 Å². The molecule has 1 aliphatic carbocycles. The van der Waals surface area contributed by atoms with Crippen molar-refractivity contribution in [1.29, 1.82) is 0 Å². The lowest BCUT2D eigenvalue weighted by atomic mass is 9.96. The Morgan fingerprint density at radius 2 is 1.93 bits per heavy atom. The second kappa shape index (κ2) is 3.27. The molecule has 2 heteroatoms. The molecule has 0 unspecified atom stereocenters. The molecule has 0 spiro atoms. The van der Waals surface area contributed by atoms with Crippen LogP contribution in [0.1, 0.15) is 25.3 Å². The second-order valence-corrected chi connectivity index (χ2v) is 5.53. The number of nitrogens with zero attached hydrogens (tertiary/aromatic N) is 1. The van der Waals surface area contributed by atoms with Crippen LogP contribution < -0.4 is 4.90 Å². The van der Waals surface area contributed by atoms with E-state index in [-0.39, 0.29) is 0 Å². The smallest absolute Gasteiger partial charge is 0.0410 e. The van der Waals surface area contributed by atoms with Gasteiger partial charge in [0.25, 0.3) is 0 Å². The van der Waals surface area contributed by atoms with Crippen molar-refractivity contribution in [2.45, 2.75) is 25.2 Å². The van der Waals surface area contributed by atoms with Crippen molar-refractivity contribution in [2.24, 2.45) is 0 Å². The van der Waals surface area contributed by atoms with Gasteiger partial charge in [0.1, 0.15) is 0 Å². The van der Waals surface area contributed by atoms with Crippen molar-refractivity contribution in [2.75, 3.05) is 19.0 Å². The van der Waals surface area contributed by atoms with Crippen molar-refractivity contribution in [1.82, 2.24) is 0 Å². The highest BCUT2D eigenvalue weighted by Gasteiger charge is 2.40. The number of anilines is 1. The van der Waals surface area contributed by atoms with Gasteiger partial charge in [-0.2, -0.15) is 0 Å². The first-order valence-corrected chi connectivity index (χ1v) is 5.80. The van der Waals surface area contributed by atoms with Gasteiger partial charge in [0.15, 0.2) is 0 Å². The maximum absolute atomic E-state index is 3.53. The molecular formula is C12H16BrN. The van der Waals surface area contributed by atoms with Gasteiger partial charge in [-0.15, -0.1) is 0 Å². The van der Waals surface area contributed by atoms with Gasteiger partial charge in [0, 0.05) is 24.3 Å². The molecule has 0 N–H and O–H groups in total. The molecule has 76 valence electrons. The van der Waals surface area contributed by atoms with Crippen LogP contribution >= 0.6 is 15.9 Å². The Bertz CT molecular complexity index is 353. The molecule has 1 nitrogen and oxygen atoms in total. The van der Waals surface area contributed by atoms with Crippen LogP contribution in [0.4, 0.5) is 5.69 Å². The van der Waals surface area contributed by atoms with E-state index in [1.807, 2.05) is 0 Å². The van der Waals surface area contributed by atoms with Gasteiger partial charge in [0.2, 0.25) is 0 Å². The van der Waals surface area contributed by atoms with Gasteiger partial charge in [-0.1, -0.05) is 28.9 Å². The maximum Gasteiger partial charge on any atom is 0.0410 e. The standard InChI is InChI=1S/C12H16BrN/c1-12(6-7-12)10-5-4-9(13)8-11(10)14(2)3/h4-5,8H,6-7H2,1-3H3. The van der Waals surface area contributed by atoms with Crippen LogP contribution in [0.5, 0.6) is 0 Å². The molecule has 14 heavy (non-hydrogen) atoms. The molecule has 1 fully saturated rings. The highest BCUT2D eigenvalue weighted by molar-refractivity contribution is 9.10. The summed E-state index contributed by atoms with van der Waals surface area (Å²) in [6, 6.07) is 6.61. The average Bonchev–Trinajstić information content (AvgIpc) is 2.84. The second-order valence-electron chi connectivity index (χ2n) is 4.62. The predicted molar refractivity (Wildman–Crippen MR) is 65.1 cm³/mol. The first kappa shape index (κ1) is 10.0. The zero-order valence-corrected chi connectivity index (χ0v) is 10.6. The van der Waals surface area contributed by atoms with E-state index in [0.29, 0.717) is 5.41 Å². The molecular weight excluding hydrogens is 238 g/mol. The molecule has 0 saturated heterocycles. The molecule has 0 aliphatic heterocycles. The fraction of sp³-hybridized carbons (Fsp3) is 0.500. The van der Waals surface area contributed by atoms with E-state index in [1.165, 1.54) is 24.1 Å². The summed E-state index contributed by atoms with van der Waals surface area (Å²) in [7, 11) is 4.22. The SMILES string of the molecule is CN(C)c1cc(Br)ccc1C1(C)CC1. The molecule has 0 aromatic heterocycles. The first-order chi connectivity index (χ1) is 6.53. The predicted octanol–water partition coefficient (Wildman–Crippen LogP) is 3.57. The first-order valence-electron chi connectivity index (χ1n) is 5.00. The number of hydrogen-bond donors (Lipinski definition) is 0. The normalized spacial score (nSPS) is 18.0. The highest BCUT2D eigenvalue weighted by atomic mass is 79.9. The van der Waals surface area contributed by atoms with E-state index in [4.69, 9.17) is 0 Å².